The molecule has 4 aliphatic carbocycles. The number of amides is 2. The molecule has 0 aliphatic heterocycles. The number of sulfonamides is 2. The first-order valence-corrected chi connectivity index (χ1v) is 38.1. The maximum atomic E-state index is 14.0. The number of nitrogens with zero attached hydrogens (tertiary/aromatic N) is 5. The molecule has 0 bridgehead atoms. The van der Waals surface area contributed by atoms with Crippen LogP contribution in [-0.4, -0.2) is 96.3 Å². The van der Waals surface area contributed by atoms with Crippen molar-refractivity contribution in [1.82, 2.24) is 23.9 Å². The number of allylic oxidation sites excluding steroid dienone is 8. The van der Waals surface area contributed by atoms with Gasteiger partial charge in [-0.3, -0.25) is 4.79 Å². The summed E-state index contributed by atoms with van der Waals surface area (Å²) in [6.07, 6.45) is 6.45. The molecule has 4 atom stereocenters. The van der Waals surface area contributed by atoms with Crippen molar-refractivity contribution in [1.29, 1.82) is 0 Å². The Balaban J connectivity index is 0.000000594. The first-order valence-electron chi connectivity index (χ1n) is 34.8. The topological polar surface area (TPSA) is 282 Å². The molecule has 6 aromatic rings. The number of hydrogen-bond acceptors (Lipinski definition) is 16. The van der Waals surface area contributed by atoms with Gasteiger partial charge in [0.05, 0.1) is 39.2 Å². The Morgan fingerprint density at radius 2 is 0.884 bits per heavy atom. The molecule has 598 valence electrons. The van der Waals surface area contributed by atoms with E-state index in [0.29, 0.717) is 72.7 Å². The molecule has 0 spiro atoms. The number of aliphatic hydroxyl groups is 1. The Bertz CT molecular complexity index is 4620. The van der Waals surface area contributed by atoms with E-state index in [4.69, 9.17) is 46.1 Å². The van der Waals surface area contributed by atoms with Crippen molar-refractivity contribution in [3.63, 3.8) is 0 Å². The number of ether oxygens (including phenoxy) is 3. The molecule has 2 heterocycles. The summed E-state index contributed by atoms with van der Waals surface area (Å²) in [4.78, 5) is 47.9. The zero-order valence-electron chi connectivity index (χ0n) is 65.1. The summed E-state index contributed by atoms with van der Waals surface area (Å²) in [5.74, 6) is 1.83. The van der Waals surface area contributed by atoms with Crippen LogP contribution in [0.25, 0.3) is 33.9 Å². The van der Waals surface area contributed by atoms with Crippen molar-refractivity contribution in [3.8, 4) is 33.9 Å². The Hall–Kier alpha value is -6.18. The molecule has 0 saturated carbocycles. The summed E-state index contributed by atoms with van der Waals surface area (Å²) in [5, 5.41) is 29.8. The summed E-state index contributed by atoms with van der Waals surface area (Å²) in [7, 11) is -8.83. The number of benzene rings is 4. The standard InChI is InChI=1S/C40H44F3N3O6S.C18H16F3N3O2S.C11H15ClO2.C10H16O.CH2O3.CH4.2K.H/c1-25(2)31-13-9-29(10-14-31)23-51-38(47)46(39(48)52-24-30-11-15-32(16-12-30)26(3)4)53(49,50)34-19-17-33(18-20-34)45-36(22-37(44-45)40(41,42)43)35-21-27(5)7-8-28(35)6;1-11-3-4-12(2)15(9-11)16-10-17(18(19,20)21)23-24(16)13-5-7-14(8-6-13)27(22,25)26;1-8(2)10-5-3-9(4-6-10)7-14-11(12)13;1-8(2)10-5-3-9(7-11)4-6-10;2-1-4-3;;;;/h7-9,11,17-22,31-32H,1,3,10,12-16,23-24H2,2,4-6H3;3-10H,1-2H3,(H2,22,25,26);3,10H,1,4-7H2,2H3;3,10-11H,1,4-7H2,2H3;1,3H;1H4;;;/q;;;;;;2*+1;-1/p-1/t31-,32-;;2*10-;;;;;/m1.11...../s1. The Morgan fingerprint density at radius 1 is 0.571 bits per heavy atom. The van der Waals surface area contributed by atoms with Gasteiger partial charge in [-0.05, 0) is 262 Å². The van der Waals surface area contributed by atoms with Gasteiger partial charge in [0.25, 0.3) is 16.5 Å². The molecule has 4 aromatic carbocycles. The molecule has 31 heteroatoms. The van der Waals surface area contributed by atoms with Crippen molar-refractivity contribution >= 4 is 55.7 Å². The number of aryl methyl sites for hydroxylation is 4. The van der Waals surface area contributed by atoms with E-state index in [2.05, 4.69) is 67.4 Å². The number of carbonyl (C=O) groups is 4. The summed E-state index contributed by atoms with van der Waals surface area (Å²) < 4.78 is 150. The normalized spacial score (nSPS) is 16.6. The zero-order valence-corrected chi connectivity index (χ0v) is 72.7. The van der Waals surface area contributed by atoms with Crippen LogP contribution in [0.3, 0.4) is 0 Å². The minimum Gasteiger partial charge on any atom is -1.00 e. The number of rotatable bonds is 19. The van der Waals surface area contributed by atoms with Crippen LogP contribution in [0.5, 0.6) is 0 Å². The maximum absolute atomic E-state index is 14.0. The first-order chi connectivity index (χ1) is 51.2. The van der Waals surface area contributed by atoms with E-state index in [9.17, 15) is 57.6 Å². The number of primary sulfonamides is 1. The minimum atomic E-state index is -4.92. The monoisotopic (exact) mass is 1670 g/mol. The van der Waals surface area contributed by atoms with Crippen molar-refractivity contribution in [2.75, 3.05) is 26.4 Å². The largest absolute Gasteiger partial charge is 1.00 e. The SMILES string of the molecule is C.C=C(C)[C@@H]1CC=C(CO)CC1.C=C(C)[C@@H]1CC=C(COC(=O)Cl)CC1.C=C(C)[C@@H]1CC=C(COC(=O)N(C(=O)OCC2=CC[C@@H](C(=C)C)CC2)S(=O)(=O)c2ccc(-n3nc(C(F)(F)F)cc3-c3cc(C)ccc3C)cc2)CC1.Cc1ccc(C)c(-c2cc(C(F)(F)F)nn2-c2ccc(S(N)(=O)=O)cc2)c1.O=CO[O-].[H-].[K+].[K+]. The fourth-order valence-corrected chi connectivity index (χ4v) is 14.0. The van der Waals surface area contributed by atoms with Crippen LogP contribution in [0, 0.1) is 51.4 Å². The van der Waals surface area contributed by atoms with E-state index in [-0.39, 0.29) is 170 Å². The van der Waals surface area contributed by atoms with Gasteiger partial charge >= 0.3 is 133 Å². The van der Waals surface area contributed by atoms with E-state index in [1.165, 1.54) is 59.5 Å². The Labute approximate surface area is 744 Å². The number of nitrogens with two attached hydrogens (primary N) is 1. The van der Waals surface area contributed by atoms with E-state index in [1.54, 1.807) is 32.0 Å². The van der Waals surface area contributed by atoms with Gasteiger partial charge in [-0.25, -0.2) is 45.7 Å². The number of imide groups is 1. The van der Waals surface area contributed by atoms with Gasteiger partial charge in [0.1, 0.15) is 19.8 Å². The fraction of sp³-hybridized carbons (Fsp3) is 0.383. The Kier molecular flexibility index (Phi) is 41.0. The van der Waals surface area contributed by atoms with Gasteiger partial charge in [0, 0.05) is 22.7 Å². The third kappa shape index (κ3) is 29.8. The second-order valence-corrected chi connectivity index (χ2v) is 31.0. The zero-order chi connectivity index (χ0) is 80.9. The van der Waals surface area contributed by atoms with Gasteiger partial charge in [-0.15, -0.1) is 0 Å². The number of aliphatic hydroxyl groups excluding tert-OH is 1. The average Bonchev–Trinajstić information content (AvgIpc) is 1.42. The van der Waals surface area contributed by atoms with E-state index in [0.717, 1.165) is 123 Å². The predicted molar refractivity (Wildman–Crippen MR) is 410 cm³/mol. The van der Waals surface area contributed by atoms with Crippen molar-refractivity contribution in [2.45, 2.75) is 162 Å². The molecule has 3 N–H and O–H groups in total. The molecular formula is C81H97ClF6K2N6O14S2. The number of halogens is 7. The number of hydrogen-bond donors (Lipinski definition) is 2. The second kappa shape index (κ2) is 45.9. The van der Waals surface area contributed by atoms with E-state index < -0.39 is 66.3 Å². The van der Waals surface area contributed by atoms with Gasteiger partial charge in [-0.2, -0.15) is 36.5 Å². The molecule has 0 saturated heterocycles. The summed E-state index contributed by atoms with van der Waals surface area (Å²) >= 11 is 5.07. The molecule has 112 heavy (non-hydrogen) atoms. The average molecular weight is 1670 g/mol. The first kappa shape index (κ1) is 100. The number of alkyl halides is 6. The van der Waals surface area contributed by atoms with Crippen molar-refractivity contribution in [3.05, 3.63) is 226 Å². The van der Waals surface area contributed by atoms with Crippen LogP contribution in [0.4, 0.5) is 40.7 Å². The van der Waals surface area contributed by atoms with Crippen LogP contribution < -0.4 is 113 Å². The quantitative estimate of drug-likeness (QED) is 0.0111. The summed E-state index contributed by atoms with van der Waals surface area (Å²) in [5.41, 5.74) is 10.7. The number of aromatic nitrogens is 4. The summed E-state index contributed by atoms with van der Waals surface area (Å²) in [6.45, 7) is 31.1. The molecule has 4 aliphatic rings. The predicted octanol–water partition coefficient (Wildman–Crippen LogP) is 13.0. The van der Waals surface area contributed by atoms with Crippen molar-refractivity contribution < 1.29 is 196 Å². The molecule has 0 fully saturated rings. The molecule has 0 unspecified atom stereocenters. The van der Waals surface area contributed by atoms with Gasteiger partial charge in [0.2, 0.25) is 10.0 Å². The molecular weight excluding hydrogens is 1570 g/mol. The third-order valence-electron chi connectivity index (χ3n) is 18.9. The van der Waals surface area contributed by atoms with Crippen LogP contribution in [0.15, 0.2) is 202 Å². The molecule has 2 aromatic heterocycles. The third-order valence-corrected chi connectivity index (χ3v) is 21.6. The molecule has 0 radical (unpaired) electrons. The summed E-state index contributed by atoms with van der Waals surface area (Å²) in [6, 6.07) is 22.6. The molecule has 10 rings (SSSR count). The fourth-order valence-electron chi connectivity index (χ4n) is 12.2. The smallest absolute Gasteiger partial charge is 1.00 e. The van der Waals surface area contributed by atoms with Crippen LogP contribution in [0.2, 0.25) is 0 Å². The van der Waals surface area contributed by atoms with Crippen LogP contribution >= 0.6 is 11.6 Å². The molecule has 20 nitrogen and oxygen atoms in total. The van der Waals surface area contributed by atoms with Gasteiger partial charge in [-0.1, -0.05) is 120 Å². The number of carbonyl (C=O) groups excluding carboxylic acids is 4. The minimum absolute atomic E-state index is 0. The molecule has 2 amide bonds. The van der Waals surface area contributed by atoms with Crippen LogP contribution in [0.1, 0.15) is 147 Å². The van der Waals surface area contributed by atoms with E-state index >= 15 is 0 Å². The second-order valence-electron chi connectivity index (χ2n) is 27.3. The maximum Gasteiger partial charge on any atom is 1.00 e. The van der Waals surface area contributed by atoms with E-state index in [1.807, 2.05) is 58.0 Å². The van der Waals surface area contributed by atoms with Gasteiger partial charge in [0.15, 0.2) is 11.4 Å². The van der Waals surface area contributed by atoms with Crippen molar-refractivity contribution in [2.24, 2.45) is 28.8 Å². The van der Waals surface area contributed by atoms with Gasteiger partial charge < -0.3 is 30.9 Å². The van der Waals surface area contributed by atoms with Crippen LogP contribution in [-0.2, 0) is 56.3 Å². The Morgan fingerprint density at radius 3 is 1.15 bits per heavy atom.